The van der Waals surface area contributed by atoms with Crippen LogP contribution in [0.25, 0.3) is 0 Å². The normalized spacial score (nSPS) is 12.0. The molecule has 0 saturated carbocycles. The number of rotatable bonds is 2. The van der Waals surface area contributed by atoms with Crippen molar-refractivity contribution in [3.8, 4) is 0 Å². The molecule has 1 heterocycles. The second-order valence-electron chi connectivity index (χ2n) is 2.44. The fourth-order valence-corrected chi connectivity index (χ4v) is 1.49. The lowest BCUT2D eigenvalue weighted by atomic mass is 10.1. The molecule has 0 unspecified atom stereocenters. The Morgan fingerprint density at radius 1 is 1.70 bits per heavy atom. The first-order valence-electron chi connectivity index (χ1n) is 3.46. The van der Waals surface area contributed by atoms with Crippen molar-refractivity contribution in [3.63, 3.8) is 0 Å². The second-order valence-corrected chi connectivity index (χ2v) is 3.22. The van der Waals surface area contributed by atoms with Gasteiger partial charge in [-0.3, -0.25) is 0 Å². The Balaban J connectivity index is 2.56. The standard InChI is InChI=1S/C9H12S/c1-3-8(2)6-9-4-5-10-7-9/h3-5,7H,6H2,1-2H3/b8-3-. The van der Waals surface area contributed by atoms with Crippen molar-refractivity contribution < 1.29 is 0 Å². The molecule has 0 saturated heterocycles. The molecule has 0 aromatic carbocycles. The lowest BCUT2D eigenvalue weighted by Gasteiger charge is -1.94. The molecule has 0 spiro atoms. The second kappa shape index (κ2) is 3.57. The molecule has 0 N–H and O–H groups in total. The minimum Gasteiger partial charge on any atom is -0.152 e. The third kappa shape index (κ3) is 1.99. The highest BCUT2D eigenvalue weighted by Crippen LogP contribution is 2.10. The quantitative estimate of drug-likeness (QED) is 0.571. The fourth-order valence-electron chi connectivity index (χ4n) is 0.817. The first-order chi connectivity index (χ1) is 4.83. The molecule has 10 heavy (non-hydrogen) atoms. The molecule has 0 aliphatic carbocycles. The number of hydrogen-bond donors (Lipinski definition) is 0. The van der Waals surface area contributed by atoms with E-state index in [2.05, 4.69) is 36.7 Å². The van der Waals surface area contributed by atoms with Crippen LogP contribution in [0, 0.1) is 0 Å². The Morgan fingerprint density at radius 2 is 2.50 bits per heavy atom. The Labute approximate surface area is 66.2 Å². The average Bonchev–Trinajstić information content (AvgIpc) is 2.40. The van der Waals surface area contributed by atoms with E-state index < -0.39 is 0 Å². The van der Waals surface area contributed by atoms with E-state index >= 15 is 0 Å². The molecule has 0 aliphatic heterocycles. The summed E-state index contributed by atoms with van der Waals surface area (Å²) in [6, 6.07) is 2.18. The lowest BCUT2D eigenvalue weighted by molar-refractivity contribution is 1.15. The van der Waals surface area contributed by atoms with Gasteiger partial charge in [-0.2, -0.15) is 11.3 Å². The van der Waals surface area contributed by atoms with E-state index in [4.69, 9.17) is 0 Å². The number of allylic oxidation sites excluding steroid dienone is 2. The first-order valence-corrected chi connectivity index (χ1v) is 4.40. The van der Waals surface area contributed by atoms with Gasteiger partial charge in [-0.05, 0) is 42.7 Å². The Bertz CT molecular complexity index is 207. The minimum atomic E-state index is 1.11. The predicted molar refractivity (Wildman–Crippen MR) is 47.5 cm³/mol. The van der Waals surface area contributed by atoms with E-state index in [9.17, 15) is 0 Å². The van der Waals surface area contributed by atoms with Crippen molar-refractivity contribution in [1.82, 2.24) is 0 Å². The van der Waals surface area contributed by atoms with E-state index in [1.54, 1.807) is 11.3 Å². The van der Waals surface area contributed by atoms with Crippen molar-refractivity contribution in [2.24, 2.45) is 0 Å². The molecule has 1 heteroatoms. The van der Waals surface area contributed by atoms with E-state index in [1.165, 1.54) is 11.1 Å². The van der Waals surface area contributed by atoms with Crippen LogP contribution in [0.5, 0.6) is 0 Å². The van der Waals surface area contributed by atoms with Crippen LogP contribution in [0.3, 0.4) is 0 Å². The summed E-state index contributed by atoms with van der Waals surface area (Å²) in [4.78, 5) is 0. The van der Waals surface area contributed by atoms with Gasteiger partial charge in [0, 0.05) is 0 Å². The van der Waals surface area contributed by atoms with Gasteiger partial charge in [0.15, 0.2) is 0 Å². The highest BCUT2D eigenvalue weighted by molar-refractivity contribution is 7.07. The van der Waals surface area contributed by atoms with Crippen LogP contribution in [0.1, 0.15) is 19.4 Å². The summed E-state index contributed by atoms with van der Waals surface area (Å²) in [5, 5.41) is 4.32. The molecule has 54 valence electrons. The zero-order chi connectivity index (χ0) is 7.40. The van der Waals surface area contributed by atoms with Gasteiger partial charge in [-0.25, -0.2) is 0 Å². The molecule has 0 bridgehead atoms. The highest BCUT2D eigenvalue weighted by Gasteiger charge is 1.91. The van der Waals surface area contributed by atoms with Crippen molar-refractivity contribution >= 4 is 11.3 Å². The smallest absolute Gasteiger partial charge is 0.00580 e. The van der Waals surface area contributed by atoms with Crippen LogP contribution in [0.2, 0.25) is 0 Å². The molecule has 0 atom stereocenters. The molecular formula is C9H12S. The summed E-state index contributed by atoms with van der Waals surface area (Å²) < 4.78 is 0. The SMILES string of the molecule is C/C=C(/C)Cc1ccsc1. The summed E-state index contributed by atoms with van der Waals surface area (Å²) in [6.45, 7) is 4.25. The van der Waals surface area contributed by atoms with Gasteiger partial charge < -0.3 is 0 Å². The lowest BCUT2D eigenvalue weighted by Crippen LogP contribution is -1.81. The fraction of sp³-hybridized carbons (Fsp3) is 0.333. The van der Waals surface area contributed by atoms with Crippen LogP contribution < -0.4 is 0 Å². The Kier molecular flexibility index (Phi) is 2.69. The molecule has 0 amide bonds. The predicted octanol–water partition coefficient (Wildman–Crippen LogP) is 3.26. The van der Waals surface area contributed by atoms with Crippen LogP contribution in [0.4, 0.5) is 0 Å². The van der Waals surface area contributed by atoms with Crippen LogP contribution in [-0.2, 0) is 6.42 Å². The van der Waals surface area contributed by atoms with E-state index in [0.717, 1.165) is 6.42 Å². The minimum absolute atomic E-state index is 1.11. The average molecular weight is 152 g/mol. The van der Waals surface area contributed by atoms with Gasteiger partial charge in [-0.15, -0.1) is 0 Å². The maximum absolute atomic E-state index is 2.20. The summed E-state index contributed by atoms with van der Waals surface area (Å²) in [5.41, 5.74) is 2.87. The van der Waals surface area contributed by atoms with Gasteiger partial charge in [0.2, 0.25) is 0 Å². The molecular weight excluding hydrogens is 140 g/mol. The van der Waals surface area contributed by atoms with Gasteiger partial charge in [0.25, 0.3) is 0 Å². The van der Waals surface area contributed by atoms with E-state index in [1.807, 2.05) is 0 Å². The van der Waals surface area contributed by atoms with Gasteiger partial charge in [0.05, 0.1) is 0 Å². The maximum Gasteiger partial charge on any atom is -0.00580 e. The molecule has 0 radical (unpaired) electrons. The van der Waals surface area contributed by atoms with Crippen LogP contribution in [-0.4, -0.2) is 0 Å². The maximum atomic E-state index is 2.20. The Morgan fingerprint density at radius 3 is 3.00 bits per heavy atom. The van der Waals surface area contributed by atoms with Crippen molar-refractivity contribution in [2.45, 2.75) is 20.3 Å². The Hall–Kier alpha value is -0.560. The highest BCUT2D eigenvalue weighted by atomic mass is 32.1. The molecule has 0 aliphatic rings. The van der Waals surface area contributed by atoms with E-state index in [0.29, 0.717) is 0 Å². The number of thiophene rings is 1. The zero-order valence-electron chi connectivity index (χ0n) is 6.42. The van der Waals surface area contributed by atoms with Crippen LogP contribution in [0.15, 0.2) is 28.5 Å². The van der Waals surface area contributed by atoms with Gasteiger partial charge >= 0.3 is 0 Å². The number of hydrogen-bond acceptors (Lipinski definition) is 1. The molecule has 0 nitrogen and oxygen atoms in total. The zero-order valence-corrected chi connectivity index (χ0v) is 7.24. The van der Waals surface area contributed by atoms with Gasteiger partial charge in [-0.1, -0.05) is 11.6 Å². The monoisotopic (exact) mass is 152 g/mol. The molecule has 1 aromatic rings. The van der Waals surface area contributed by atoms with E-state index in [-0.39, 0.29) is 0 Å². The third-order valence-electron chi connectivity index (χ3n) is 1.56. The summed E-state index contributed by atoms with van der Waals surface area (Å²) in [5.74, 6) is 0. The molecule has 1 rings (SSSR count). The molecule has 1 aromatic heterocycles. The first kappa shape index (κ1) is 7.55. The van der Waals surface area contributed by atoms with Crippen molar-refractivity contribution in [1.29, 1.82) is 0 Å². The topological polar surface area (TPSA) is 0 Å². The van der Waals surface area contributed by atoms with Crippen LogP contribution >= 0.6 is 11.3 Å². The van der Waals surface area contributed by atoms with Gasteiger partial charge in [0.1, 0.15) is 0 Å². The summed E-state index contributed by atoms with van der Waals surface area (Å²) in [7, 11) is 0. The summed E-state index contributed by atoms with van der Waals surface area (Å²) in [6.07, 6.45) is 3.28. The largest absolute Gasteiger partial charge is 0.152 e. The van der Waals surface area contributed by atoms with Crippen molar-refractivity contribution in [2.75, 3.05) is 0 Å². The molecule has 0 fully saturated rings. The third-order valence-corrected chi connectivity index (χ3v) is 2.29. The van der Waals surface area contributed by atoms with Crippen molar-refractivity contribution in [3.05, 3.63) is 34.0 Å². The summed E-state index contributed by atoms with van der Waals surface area (Å²) >= 11 is 1.76.